The van der Waals surface area contributed by atoms with Crippen LogP contribution in [-0.2, 0) is 14.8 Å². The molecule has 1 unspecified atom stereocenters. The van der Waals surface area contributed by atoms with E-state index in [-0.39, 0.29) is 22.9 Å². The fraction of sp³-hybridized carbons (Fsp3) is 0.643. The average Bonchev–Trinajstić information content (AvgIpc) is 3.25. The van der Waals surface area contributed by atoms with Gasteiger partial charge in [-0.1, -0.05) is 0 Å². The Hall–Kier alpha value is -1.17. The molecule has 25 heavy (non-hydrogen) atoms. The third-order valence-corrected chi connectivity index (χ3v) is 7.20. The van der Waals surface area contributed by atoms with Gasteiger partial charge in [0, 0.05) is 19.6 Å². The highest BCUT2D eigenvalue weighted by atomic mass is 32.2. The van der Waals surface area contributed by atoms with Crippen molar-refractivity contribution in [2.24, 2.45) is 0 Å². The van der Waals surface area contributed by atoms with Crippen LogP contribution < -0.4 is 0 Å². The van der Waals surface area contributed by atoms with Gasteiger partial charge in [0.1, 0.15) is 9.77 Å². The molecule has 140 valence electrons. The van der Waals surface area contributed by atoms with E-state index in [0.29, 0.717) is 13.1 Å². The molecule has 1 aromatic rings. The van der Waals surface area contributed by atoms with Gasteiger partial charge in [-0.2, -0.15) is 17.5 Å². The van der Waals surface area contributed by atoms with Crippen molar-refractivity contribution in [2.75, 3.05) is 32.8 Å². The van der Waals surface area contributed by atoms with Crippen LogP contribution in [0, 0.1) is 0 Å². The minimum absolute atomic E-state index is 0.00743. The van der Waals surface area contributed by atoms with Gasteiger partial charge < -0.3 is 9.64 Å². The highest BCUT2D eigenvalue weighted by Crippen LogP contribution is 2.31. The molecule has 3 heterocycles. The summed E-state index contributed by atoms with van der Waals surface area (Å²) in [6.07, 6.45) is -5.12. The van der Waals surface area contributed by atoms with E-state index in [1.165, 1.54) is 15.8 Å². The smallest absolute Gasteiger partial charge is 0.365 e. The van der Waals surface area contributed by atoms with Crippen LogP contribution in [0.3, 0.4) is 0 Å². The number of hydrogen-bond acceptors (Lipinski definition) is 5. The Morgan fingerprint density at radius 2 is 1.92 bits per heavy atom. The van der Waals surface area contributed by atoms with E-state index in [0.717, 1.165) is 29.1 Å². The van der Waals surface area contributed by atoms with Gasteiger partial charge in [0.25, 0.3) is 5.91 Å². The Morgan fingerprint density at radius 3 is 2.56 bits per heavy atom. The van der Waals surface area contributed by atoms with E-state index in [4.69, 9.17) is 0 Å². The maximum Gasteiger partial charge on any atom is 0.416 e. The molecule has 2 fully saturated rings. The van der Waals surface area contributed by atoms with Crippen molar-refractivity contribution in [3.8, 4) is 0 Å². The Labute approximate surface area is 147 Å². The Bertz CT molecular complexity index is 742. The lowest BCUT2D eigenvalue weighted by Crippen LogP contribution is -2.51. The van der Waals surface area contributed by atoms with Crippen molar-refractivity contribution in [3.63, 3.8) is 0 Å². The highest BCUT2D eigenvalue weighted by molar-refractivity contribution is 7.89. The molecule has 2 aliphatic heterocycles. The first kappa shape index (κ1) is 18.6. The SMILES string of the molecule is O=C(c1sccc1S(=O)(=O)N1CCCC1)N1CCOC(C(F)(F)F)C1. The molecule has 0 aliphatic carbocycles. The quantitative estimate of drug-likeness (QED) is 0.781. The summed E-state index contributed by atoms with van der Waals surface area (Å²) in [6, 6.07) is 1.34. The Balaban J connectivity index is 1.83. The lowest BCUT2D eigenvalue weighted by atomic mass is 10.2. The minimum atomic E-state index is -4.57. The number of thiophene rings is 1. The molecule has 0 bridgehead atoms. The third-order valence-electron chi connectivity index (χ3n) is 4.22. The normalized spacial score (nSPS) is 23.2. The molecule has 1 aromatic heterocycles. The summed E-state index contributed by atoms with van der Waals surface area (Å²) >= 11 is 0.927. The first-order valence-electron chi connectivity index (χ1n) is 7.76. The summed E-state index contributed by atoms with van der Waals surface area (Å²) in [5, 5.41) is 1.47. The van der Waals surface area contributed by atoms with Gasteiger partial charge in [-0.25, -0.2) is 8.42 Å². The van der Waals surface area contributed by atoms with Crippen LogP contribution in [0.15, 0.2) is 16.3 Å². The molecule has 1 amide bonds. The maximum absolute atomic E-state index is 12.8. The minimum Gasteiger partial charge on any atom is -0.365 e. The molecule has 3 rings (SSSR count). The predicted molar refractivity (Wildman–Crippen MR) is 84.0 cm³/mol. The summed E-state index contributed by atoms with van der Waals surface area (Å²) in [5.74, 6) is -0.703. The molecule has 0 spiro atoms. The van der Waals surface area contributed by atoms with Crippen molar-refractivity contribution < 1.29 is 31.1 Å². The number of carbonyl (C=O) groups is 1. The topological polar surface area (TPSA) is 66.9 Å². The average molecular weight is 398 g/mol. The molecule has 0 radical (unpaired) electrons. The van der Waals surface area contributed by atoms with Gasteiger partial charge >= 0.3 is 6.18 Å². The second-order valence-corrected chi connectivity index (χ2v) is 8.70. The van der Waals surface area contributed by atoms with Crippen LogP contribution in [0.1, 0.15) is 22.5 Å². The molecule has 0 N–H and O–H groups in total. The maximum atomic E-state index is 12.8. The fourth-order valence-electron chi connectivity index (χ4n) is 2.90. The Kier molecular flexibility index (Phi) is 5.11. The molecule has 0 saturated carbocycles. The zero-order valence-electron chi connectivity index (χ0n) is 13.2. The van der Waals surface area contributed by atoms with E-state index in [2.05, 4.69) is 4.74 Å². The van der Waals surface area contributed by atoms with Crippen molar-refractivity contribution >= 4 is 27.3 Å². The molecular formula is C14H17F3N2O4S2. The molecule has 6 nitrogen and oxygen atoms in total. The van der Waals surface area contributed by atoms with Crippen LogP contribution in [-0.4, -0.2) is 68.6 Å². The lowest BCUT2D eigenvalue weighted by Gasteiger charge is -2.33. The van der Waals surface area contributed by atoms with Crippen molar-refractivity contribution in [1.82, 2.24) is 9.21 Å². The molecule has 1 atom stereocenters. The third kappa shape index (κ3) is 3.69. The van der Waals surface area contributed by atoms with Gasteiger partial charge in [-0.15, -0.1) is 11.3 Å². The van der Waals surface area contributed by atoms with E-state index in [9.17, 15) is 26.4 Å². The number of amides is 1. The number of hydrogen-bond donors (Lipinski definition) is 0. The number of rotatable bonds is 3. The number of halogens is 3. The summed E-state index contributed by atoms with van der Waals surface area (Å²) in [5.41, 5.74) is 0. The molecule has 2 aliphatic rings. The van der Waals surface area contributed by atoms with E-state index in [1.54, 1.807) is 0 Å². The standard InChI is InChI=1S/C14H17F3N2O4S2/c15-14(16,17)11-9-18(6-7-23-11)13(20)12-10(3-8-24-12)25(21,22)19-4-1-2-5-19/h3,8,11H,1-2,4-7,9H2. The summed E-state index contributed by atoms with van der Waals surface area (Å²) in [4.78, 5) is 13.5. The second-order valence-electron chi connectivity index (χ2n) is 5.88. The predicted octanol–water partition coefficient (Wildman–Crippen LogP) is 1.94. The van der Waals surface area contributed by atoms with Crippen LogP contribution in [0.2, 0.25) is 0 Å². The number of nitrogens with zero attached hydrogens (tertiary/aromatic N) is 2. The molecule has 11 heteroatoms. The Morgan fingerprint density at radius 1 is 1.24 bits per heavy atom. The zero-order valence-corrected chi connectivity index (χ0v) is 14.8. The largest absolute Gasteiger partial charge is 0.416 e. The molecule has 0 aromatic carbocycles. The first-order valence-corrected chi connectivity index (χ1v) is 10.1. The van der Waals surface area contributed by atoms with E-state index < -0.39 is 34.8 Å². The number of alkyl halides is 3. The first-order chi connectivity index (χ1) is 11.7. The monoisotopic (exact) mass is 398 g/mol. The number of carbonyl (C=O) groups excluding carboxylic acids is 1. The number of morpholine rings is 1. The summed E-state index contributed by atoms with van der Waals surface area (Å²) in [6.45, 7) is -0.107. The van der Waals surface area contributed by atoms with E-state index >= 15 is 0 Å². The zero-order chi connectivity index (χ0) is 18.2. The number of ether oxygens (including phenoxy) is 1. The highest BCUT2D eigenvalue weighted by Gasteiger charge is 2.45. The summed E-state index contributed by atoms with van der Waals surface area (Å²) in [7, 11) is -3.81. The van der Waals surface area contributed by atoms with Crippen LogP contribution in [0.25, 0.3) is 0 Å². The van der Waals surface area contributed by atoms with Crippen molar-refractivity contribution in [2.45, 2.75) is 30.0 Å². The van der Waals surface area contributed by atoms with Crippen molar-refractivity contribution in [1.29, 1.82) is 0 Å². The van der Waals surface area contributed by atoms with E-state index in [1.807, 2.05) is 0 Å². The van der Waals surface area contributed by atoms with Crippen LogP contribution in [0.4, 0.5) is 13.2 Å². The van der Waals surface area contributed by atoms with Crippen molar-refractivity contribution in [3.05, 3.63) is 16.3 Å². The second kappa shape index (κ2) is 6.86. The van der Waals surface area contributed by atoms with Crippen LogP contribution in [0.5, 0.6) is 0 Å². The van der Waals surface area contributed by atoms with Crippen LogP contribution >= 0.6 is 11.3 Å². The van der Waals surface area contributed by atoms with Gasteiger partial charge in [0.2, 0.25) is 10.0 Å². The van der Waals surface area contributed by atoms with Gasteiger partial charge in [-0.05, 0) is 24.3 Å². The molecule has 2 saturated heterocycles. The fourth-order valence-corrected chi connectivity index (χ4v) is 5.78. The lowest BCUT2D eigenvalue weighted by molar-refractivity contribution is -0.233. The summed E-state index contributed by atoms with van der Waals surface area (Å²) < 4.78 is 69.8. The van der Waals surface area contributed by atoms with Gasteiger partial charge in [0.05, 0.1) is 13.2 Å². The molecular weight excluding hydrogens is 381 g/mol. The number of sulfonamides is 1. The van der Waals surface area contributed by atoms with Gasteiger partial charge in [-0.3, -0.25) is 4.79 Å². The van der Waals surface area contributed by atoms with Gasteiger partial charge in [0.15, 0.2) is 6.10 Å².